The first-order chi connectivity index (χ1) is 15.4. The Hall–Kier alpha value is -2.84. The van der Waals surface area contributed by atoms with E-state index in [9.17, 15) is 0 Å². The lowest BCUT2D eigenvalue weighted by Gasteiger charge is -2.25. The smallest absolute Gasteiger partial charge is 0.279 e. The maximum Gasteiger partial charge on any atom is 0.279 e. The summed E-state index contributed by atoms with van der Waals surface area (Å²) in [6, 6.07) is 10.4. The molecule has 0 radical (unpaired) electrons. The highest BCUT2D eigenvalue weighted by atomic mass is 32.1. The SMILES string of the molecule is c1ccc(CNc2nnnc3c2sc2[nH+]c(N4CCOCC4)c4c(c23)CCCC4)cc1. The van der Waals surface area contributed by atoms with Gasteiger partial charge in [-0.05, 0) is 42.0 Å². The van der Waals surface area contributed by atoms with Crippen LogP contribution in [0.4, 0.5) is 11.6 Å². The molecule has 0 bridgehead atoms. The van der Waals surface area contributed by atoms with E-state index in [1.807, 2.05) is 6.07 Å². The third-order valence-electron chi connectivity index (χ3n) is 6.31. The number of anilines is 2. The number of rotatable bonds is 4. The Kier molecular flexibility index (Phi) is 4.88. The molecule has 4 heterocycles. The monoisotopic (exact) mass is 433 g/mol. The van der Waals surface area contributed by atoms with Gasteiger partial charge in [0.1, 0.15) is 23.3 Å². The standard InChI is InChI=1S/C23H24N6OS/c1-2-6-15(7-3-1)14-24-21-20-19(26-28-27-21)18-16-8-4-5-9-17(16)22(25-23(18)31-20)29-10-12-30-13-11-29/h1-3,6-7H,4-5,8-14H2,(H,24,26,27)/p+1. The van der Waals surface area contributed by atoms with Crippen molar-refractivity contribution in [1.29, 1.82) is 0 Å². The number of aryl methyl sites for hydroxylation is 1. The average Bonchev–Trinajstić information content (AvgIpc) is 3.23. The van der Waals surface area contributed by atoms with Crippen LogP contribution in [0.3, 0.4) is 0 Å². The lowest BCUT2D eigenvalue weighted by atomic mass is 9.90. The van der Waals surface area contributed by atoms with Crippen LogP contribution in [0.1, 0.15) is 29.5 Å². The molecule has 0 amide bonds. The molecule has 0 saturated carbocycles. The van der Waals surface area contributed by atoms with E-state index in [4.69, 9.17) is 4.74 Å². The van der Waals surface area contributed by atoms with Gasteiger partial charge in [0.05, 0.1) is 18.6 Å². The highest BCUT2D eigenvalue weighted by molar-refractivity contribution is 7.25. The van der Waals surface area contributed by atoms with Crippen LogP contribution in [0.15, 0.2) is 30.3 Å². The maximum atomic E-state index is 5.59. The van der Waals surface area contributed by atoms with E-state index in [0.29, 0.717) is 6.54 Å². The second kappa shape index (κ2) is 8.01. The Morgan fingerprint density at radius 1 is 1.03 bits per heavy atom. The van der Waals surface area contributed by atoms with Gasteiger partial charge in [0.15, 0.2) is 10.6 Å². The second-order valence-electron chi connectivity index (χ2n) is 8.20. The zero-order chi connectivity index (χ0) is 20.6. The molecule has 158 valence electrons. The summed E-state index contributed by atoms with van der Waals surface area (Å²) in [5.41, 5.74) is 5.09. The Morgan fingerprint density at radius 2 is 1.84 bits per heavy atom. The summed E-state index contributed by atoms with van der Waals surface area (Å²) in [6.45, 7) is 4.16. The van der Waals surface area contributed by atoms with Crippen molar-refractivity contribution in [2.75, 3.05) is 36.5 Å². The zero-order valence-corrected chi connectivity index (χ0v) is 18.2. The quantitative estimate of drug-likeness (QED) is 0.532. The van der Waals surface area contributed by atoms with Gasteiger partial charge in [0, 0.05) is 12.1 Å². The number of thiophene rings is 1. The van der Waals surface area contributed by atoms with E-state index in [1.54, 1.807) is 11.3 Å². The van der Waals surface area contributed by atoms with Crippen LogP contribution in [-0.4, -0.2) is 41.7 Å². The Bertz CT molecular complexity index is 1240. The topological polar surface area (TPSA) is 77.3 Å². The lowest BCUT2D eigenvalue weighted by Crippen LogP contribution is -2.40. The zero-order valence-electron chi connectivity index (χ0n) is 17.4. The number of ether oxygens (including phenoxy) is 1. The number of benzene rings is 1. The third-order valence-corrected chi connectivity index (χ3v) is 7.41. The molecule has 31 heavy (non-hydrogen) atoms. The fourth-order valence-corrected chi connectivity index (χ4v) is 5.91. The summed E-state index contributed by atoms with van der Waals surface area (Å²) in [5, 5.41) is 17.7. The third kappa shape index (κ3) is 3.40. The van der Waals surface area contributed by atoms with Crippen LogP contribution in [0.2, 0.25) is 0 Å². The molecule has 1 aliphatic carbocycles. The Labute approximate surface area is 184 Å². The van der Waals surface area contributed by atoms with E-state index < -0.39 is 0 Å². The van der Waals surface area contributed by atoms with E-state index in [0.717, 1.165) is 55.2 Å². The van der Waals surface area contributed by atoms with E-state index in [1.165, 1.54) is 45.6 Å². The van der Waals surface area contributed by atoms with Gasteiger partial charge in [-0.1, -0.05) is 41.7 Å². The molecule has 4 aromatic rings. The largest absolute Gasteiger partial charge is 0.373 e. The van der Waals surface area contributed by atoms with Gasteiger partial charge in [-0.2, -0.15) is 0 Å². The molecule has 2 N–H and O–H groups in total. The van der Waals surface area contributed by atoms with Crippen molar-refractivity contribution in [2.45, 2.75) is 32.2 Å². The number of fused-ring (bicyclic) bond motifs is 5. The predicted octanol–water partition coefficient (Wildman–Crippen LogP) is 3.38. The highest BCUT2D eigenvalue weighted by Gasteiger charge is 2.30. The van der Waals surface area contributed by atoms with Gasteiger partial charge < -0.3 is 10.1 Å². The maximum absolute atomic E-state index is 5.59. The van der Waals surface area contributed by atoms with Gasteiger partial charge in [0.25, 0.3) is 5.82 Å². The van der Waals surface area contributed by atoms with E-state index in [-0.39, 0.29) is 0 Å². The molecular weight excluding hydrogens is 408 g/mol. The minimum atomic E-state index is 0.712. The van der Waals surface area contributed by atoms with Crippen molar-refractivity contribution in [3.05, 3.63) is 47.0 Å². The van der Waals surface area contributed by atoms with Gasteiger partial charge in [-0.3, -0.25) is 4.90 Å². The first-order valence-electron chi connectivity index (χ1n) is 11.0. The predicted molar refractivity (Wildman–Crippen MR) is 123 cm³/mol. The lowest BCUT2D eigenvalue weighted by molar-refractivity contribution is -0.328. The fraction of sp³-hybridized carbons (Fsp3) is 0.391. The molecule has 1 aromatic carbocycles. The van der Waals surface area contributed by atoms with Gasteiger partial charge in [-0.15, -0.1) is 10.2 Å². The number of aromatic amines is 1. The summed E-state index contributed by atoms with van der Waals surface area (Å²) < 4.78 is 6.67. The van der Waals surface area contributed by atoms with E-state index >= 15 is 0 Å². The van der Waals surface area contributed by atoms with Crippen LogP contribution in [-0.2, 0) is 24.1 Å². The van der Waals surface area contributed by atoms with Gasteiger partial charge >= 0.3 is 0 Å². The molecule has 2 aliphatic rings. The number of pyridine rings is 1. The Balaban J connectivity index is 1.47. The second-order valence-corrected chi connectivity index (χ2v) is 9.22. The summed E-state index contributed by atoms with van der Waals surface area (Å²) in [7, 11) is 0. The average molecular weight is 434 g/mol. The molecule has 6 rings (SSSR count). The van der Waals surface area contributed by atoms with Crippen molar-refractivity contribution in [2.24, 2.45) is 0 Å². The van der Waals surface area contributed by atoms with Crippen LogP contribution in [0, 0.1) is 0 Å². The molecule has 0 unspecified atom stereocenters. The molecule has 1 aliphatic heterocycles. The minimum Gasteiger partial charge on any atom is -0.373 e. The van der Waals surface area contributed by atoms with E-state index in [2.05, 4.69) is 54.9 Å². The van der Waals surface area contributed by atoms with Gasteiger partial charge in [-0.25, -0.2) is 4.98 Å². The molecule has 7 nitrogen and oxygen atoms in total. The molecule has 1 fully saturated rings. The van der Waals surface area contributed by atoms with Crippen LogP contribution >= 0.6 is 11.3 Å². The molecule has 0 spiro atoms. The number of aromatic nitrogens is 4. The number of nitrogens with zero attached hydrogens (tertiary/aromatic N) is 4. The Morgan fingerprint density at radius 3 is 2.68 bits per heavy atom. The first-order valence-corrected chi connectivity index (χ1v) is 11.8. The number of nitrogens with one attached hydrogen (secondary N) is 2. The number of hydrogen-bond donors (Lipinski definition) is 1. The van der Waals surface area contributed by atoms with Crippen molar-refractivity contribution in [3.8, 4) is 0 Å². The fourth-order valence-electron chi connectivity index (χ4n) is 4.78. The number of morpholine rings is 1. The summed E-state index contributed by atoms with van der Waals surface area (Å²) in [6.07, 6.45) is 4.68. The van der Waals surface area contributed by atoms with Gasteiger partial charge in [0.2, 0.25) is 0 Å². The van der Waals surface area contributed by atoms with Crippen LogP contribution < -0.4 is 15.2 Å². The molecule has 8 heteroatoms. The molecule has 0 atom stereocenters. The van der Waals surface area contributed by atoms with Crippen molar-refractivity contribution in [3.63, 3.8) is 0 Å². The molecule has 1 saturated heterocycles. The normalized spacial score (nSPS) is 16.6. The summed E-state index contributed by atoms with van der Waals surface area (Å²) in [5.74, 6) is 2.08. The first kappa shape index (κ1) is 18.9. The number of hydrogen-bond acceptors (Lipinski definition) is 7. The molecular formula is C23H25N6OS+. The summed E-state index contributed by atoms with van der Waals surface area (Å²) >= 11 is 1.73. The highest BCUT2D eigenvalue weighted by Crippen LogP contribution is 2.40. The summed E-state index contributed by atoms with van der Waals surface area (Å²) in [4.78, 5) is 7.40. The van der Waals surface area contributed by atoms with Crippen LogP contribution in [0.25, 0.3) is 20.4 Å². The van der Waals surface area contributed by atoms with Crippen molar-refractivity contribution >= 4 is 43.4 Å². The molecule has 3 aromatic heterocycles. The van der Waals surface area contributed by atoms with Crippen molar-refractivity contribution < 1.29 is 9.72 Å². The minimum absolute atomic E-state index is 0.712. The van der Waals surface area contributed by atoms with Crippen molar-refractivity contribution in [1.82, 2.24) is 15.4 Å². The van der Waals surface area contributed by atoms with Crippen LogP contribution in [0.5, 0.6) is 0 Å². The number of H-pyrrole nitrogens is 1.